The van der Waals surface area contributed by atoms with Crippen LogP contribution < -0.4 is 63.6 Å². The van der Waals surface area contributed by atoms with Crippen LogP contribution in [0.4, 0.5) is 75.4 Å². The third-order valence-electron chi connectivity index (χ3n) is 14.8. The second-order valence-corrected chi connectivity index (χ2v) is 25.0. The summed E-state index contributed by atoms with van der Waals surface area (Å²) in [6.07, 6.45) is -12.4. The zero-order chi connectivity index (χ0) is 77.8. The lowest BCUT2D eigenvalue weighted by Gasteiger charge is -2.32. The molecule has 0 spiro atoms. The molecule has 1 amide bonds. The molecule has 4 heterocycles. The van der Waals surface area contributed by atoms with Crippen LogP contribution in [0, 0.1) is 0 Å². The van der Waals surface area contributed by atoms with Crippen LogP contribution >= 0.6 is 43.5 Å². The van der Waals surface area contributed by atoms with Crippen molar-refractivity contribution in [2.45, 2.75) is 64.3 Å². The summed E-state index contributed by atoms with van der Waals surface area (Å²) in [6.45, 7) is 13.7. The van der Waals surface area contributed by atoms with Gasteiger partial charge in [0.05, 0.1) is 15.7 Å². The molecule has 18 nitrogen and oxygen atoms in total. The highest BCUT2D eigenvalue weighted by atomic mass is 79.9. The van der Waals surface area contributed by atoms with Crippen LogP contribution in [-0.4, -0.2) is 68.6 Å². The van der Waals surface area contributed by atoms with Crippen molar-refractivity contribution in [2.75, 3.05) is 22.5 Å². The quantitative estimate of drug-likeness (QED) is 0.0327. The number of aryl methyl sites for hydroxylation is 3. The molecule has 34 heteroatoms. The van der Waals surface area contributed by atoms with Crippen molar-refractivity contribution in [1.82, 2.24) is 13.7 Å². The number of hydrogen-bond donors (Lipinski definition) is 4. The first-order valence-electron chi connectivity index (χ1n) is 29.8. The number of nitrogens with one attached hydrogen (secondary N) is 1. The Kier molecular flexibility index (Phi) is 27.0. The number of carbonyl (C=O) groups is 2. The highest BCUT2D eigenvalue weighted by molar-refractivity contribution is 9.11. The fourth-order valence-electron chi connectivity index (χ4n) is 9.49. The first-order chi connectivity index (χ1) is 48.2. The van der Waals surface area contributed by atoms with Crippen molar-refractivity contribution in [3.8, 4) is 45.3 Å². The number of rotatable bonds is 10. The van der Waals surface area contributed by atoms with Gasteiger partial charge in [0.25, 0.3) is 16.7 Å². The summed E-state index contributed by atoms with van der Waals surface area (Å²) in [7, 11) is 3.82. The SMILES string of the molecule is C=CC(=O)Cl.C=CC(=O)Nc1ccc(OC(F)(F)F)c(-c2cn(C)c(=O)c3ccccc23)c1.CC1(C)OB(c2cc(N)ccc2OC(F)(F)F)OC1(C)C.Cn1cc(-c2cc(N)ccc2OC(F)(F)F)c2ccccc2c1=O.Cn1cc(Br)c2ccccc2c1=O.Nc1ccc(OC(F)(F)F)c(Br)c1. The van der Waals surface area contributed by atoms with E-state index in [0.29, 0.717) is 44.0 Å². The van der Waals surface area contributed by atoms with Crippen molar-refractivity contribution in [1.29, 1.82) is 0 Å². The molecule has 1 aliphatic heterocycles. The molecule has 7 aromatic carbocycles. The molecular formula is C70H61BBr2ClF12N7O11. The van der Waals surface area contributed by atoms with Gasteiger partial charge in [-0.2, -0.15) is 0 Å². The van der Waals surface area contributed by atoms with Gasteiger partial charge >= 0.3 is 32.6 Å². The second kappa shape index (κ2) is 33.9. The van der Waals surface area contributed by atoms with Gasteiger partial charge in [0, 0.05) is 116 Å². The Morgan fingerprint density at radius 2 is 0.808 bits per heavy atom. The lowest BCUT2D eigenvalue weighted by atomic mass is 9.78. The molecule has 0 aliphatic carbocycles. The number of anilines is 4. The molecule has 550 valence electrons. The molecule has 104 heavy (non-hydrogen) atoms. The van der Waals surface area contributed by atoms with Crippen LogP contribution in [0.15, 0.2) is 213 Å². The first-order valence-corrected chi connectivity index (χ1v) is 31.7. The summed E-state index contributed by atoms with van der Waals surface area (Å²) in [5, 5.41) is 5.45. The van der Waals surface area contributed by atoms with Crippen molar-refractivity contribution >= 4 is 122 Å². The van der Waals surface area contributed by atoms with Crippen LogP contribution in [0.25, 0.3) is 54.6 Å². The largest absolute Gasteiger partial charge is 0.573 e. The Morgan fingerprint density at radius 3 is 1.22 bits per heavy atom. The molecule has 0 atom stereocenters. The van der Waals surface area contributed by atoms with Crippen LogP contribution in [0.2, 0.25) is 0 Å². The molecule has 0 radical (unpaired) electrons. The Morgan fingerprint density at radius 1 is 0.471 bits per heavy atom. The molecule has 3 aromatic heterocycles. The number of nitrogens with zero attached hydrogens (tertiary/aromatic N) is 3. The van der Waals surface area contributed by atoms with Gasteiger partial charge in [-0.15, -0.1) is 52.7 Å². The van der Waals surface area contributed by atoms with Crippen molar-refractivity contribution in [2.24, 2.45) is 21.1 Å². The van der Waals surface area contributed by atoms with Gasteiger partial charge in [0.1, 0.15) is 23.0 Å². The number of ether oxygens (including phenoxy) is 4. The molecule has 7 N–H and O–H groups in total. The van der Waals surface area contributed by atoms with Crippen LogP contribution in [0.5, 0.6) is 23.0 Å². The summed E-state index contributed by atoms with van der Waals surface area (Å²) in [6, 6.07) is 36.1. The highest BCUT2D eigenvalue weighted by Crippen LogP contribution is 2.42. The first kappa shape index (κ1) is 82.7. The van der Waals surface area contributed by atoms with Crippen LogP contribution in [0.1, 0.15) is 27.7 Å². The van der Waals surface area contributed by atoms with E-state index in [1.54, 1.807) is 66.3 Å². The van der Waals surface area contributed by atoms with Gasteiger partial charge in [0.15, 0.2) is 0 Å². The molecule has 0 saturated carbocycles. The Hall–Kier alpha value is -10.2. The van der Waals surface area contributed by atoms with E-state index < -0.39 is 60.7 Å². The number of aromatic nitrogens is 3. The second-order valence-electron chi connectivity index (χ2n) is 22.9. The lowest BCUT2D eigenvalue weighted by molar-refractivity contribution is -0.275. The number of pyridine rings is 3. The zero-order valence-electron chi connectivity index (χ0n) is 55.5. The van der Waals surface area contributed by atoms with Crippen molar-refractivity contribution in [3.05, 3.63) is 230 Å². The fraction of sp³-hybridized carbons (Fsp3) is 0.186. The smallest absolute Gasteiger partial charge is 0.406 e. The third kappa shape index (κ3) is 22.9. The van der Waals surface area contributed by atoms with E-state index in [2.05, 4.69) is 69.3 Å². The summed E-state index contributed by atoms with van der Waals surface area (Å²) < 4.78 is 182. The fourth-order valence-corrected chi connectivity index (χ4v) is 10.6. The van der Waals surface area contributed by atoms with E-state index in [1.165, 1.54) is 84.2 Å². The van der Waals surface area contributed by atoms with E-state index >= 15 is 0 Å². The number of nitrogens with two attached hydrogens (primary N) is 3. The maximum atomic E-state index is 12.9. The summed E-state index contributed by atoms with van der Waals surface area (Å²) >= 11 is 11.0. The molecule has 0 unspecified atom stereocenters. The topological polar surface area (TPSA) is 246 Å². The molecule has 10 aromatic rings. The number of halogens is 15. The minimum Gasteiger partial charge on any atom is -0.406 e. The van der Waals surface area contributed by atoms with Crippen molar-refractivity contribution < 1.29 is 90.5 Å². The number of alkyl halides is 12. The van der Waals surface area contributed by atoms with E-state index in [4.69, 9.17) is 38.1 Å². The average molecular weight is 1610 g/mol. The Bertz CT molecular complexity index is 5000. The summed E-state index contributed by atoms with van der Waals surface area (Å²) in [5.74, 6) is -2.02. The van der Waals surface area contributed by atoms with Crippen molar-refractivity contribution in [3.63, 3.8) is 0 Å². The number of benzene rings is 7. The van der Waals surface area contributed by atoms with Gasteiger partial charge in [-0.25, -0.2) is 0 Å². The maximum Gasteiger partial charge on any atom is 0.573 e. The third-order valence-corrected chi connectivity index (χ3v) is 16.2. The Labute approximate surface area is 606 Å². The van der Waals surface area contributed by atoms with E-state index in [9.17, 15) is 76.7 Å². The van der Waals surface area contributed by atoms with Gasteiger partial charge in [0.2, 0.25) is 11.1 Å². The lowest BCUT2D eigenvalue weighted by Crippen LogP contribution is -2.41. The average Bonchev–Trinajstić information content (AvgIpc) is 1.40. The standard InChI is InChI=1S/C20H15F3N2O3.C17H13F3N2O2.C13H17BF3NO3.C10H8BrNO.C7H5BrF3NO.C3H3ClO/c1-3-18(26)24-12-8-9-17(28-20(21,22)23)15(10-12)16-11-25(2)19(27)14-7-5-4-6-13(14)16;1-22-9-14(11-4-2-3-5-12(11)16(22)23)13-8-10(21)6-7-15(13)24-17(18,19)20;1-11(2)12(3,4)21-14(20-11)9-7-8(18)5-6-10(9)19-13(15,16)17;1-12-6-9(11)7-4-2-3-5-8(7)10(12)13;8-5-3-4(12)1-2-6(5)13-7(9,10)11;1-2-3(4)5/h3-11H,1H2,2H3,(H,24,26);2-9H,21H2,1H3;5-7H,18H2,1-4H3;2-6H,1H3;1-3H,12H2;2H,1H2. The maximum absolute atomic E-state index is 12.9. The number of amides is 1. The molecule has 0 bridgehead atoms. The van der Waals surface area contributed by atoms with Gasteiger partial charge in [-0.3, -0.25) is 24.0 Å². The minimum atomic E-state index is -4.91. The predicted octanol–water partition coefficient (Wildman–Crippen LogP) is 16.6. The molecule has 1 aliphatic rings. The summed E-state index contributed by atoms with van der Waals surface area (Å²) in [4.78, 5) is 57.2. The number of nitrogen functional groups attached to an aromatic ring is 3. The number of fused-ring (bicyclic) bond motifs is 3. The van der Waals surface area contributed by atoms with Gasteiger partial charge < -0.3 is 64.5 Å². The monoisotopic (exact) mass is 1610 g/mol. The minimum absolute atomic E-state index is 0.0406. The van der Waals surface area contributed by atoms with Crippen LogP contribution in [0.3, 0.4) is 0 Å². The number of hydrogen-bond acceptors (Lipinski definition) is 14. The highest BCUT2D eigenvalue weighted by Gasteiger charge is 2.53. The van der Waals surface area contributed by atoms with Gasteiger partial charge in [-0.05, 0) is 185 Å². The van der Waals surface area contributed by atoms with E-state index in [1.807, 2.05) is 52.0 Å². The molecular weight excluding hydrogens is 1550 g/mol. The summed E-state index contributed by atoms with van der Waals surface area (Å²) in [5.41, 5.74) is 17.2. The number of carbonyl (C=O) groups excluding carboxylic acids is 2. The predicted molar refractivity (Wildman–Crippen MR) is 382 cm³/mol. The normalized spacial score (nSPS) is 13.0. The molecule has 11 rings (SSSR count). The zero-order valence-corrected chi connectivity index (χ0v) is 59.4. The number of allylic oxidation sites excluding steroid dienone is 1. The molecule has 1 fully saturated rings. The Balaban J connectivity index is 0.000000206. The van der Waals surface area contributed by atoms with Gasteiger partial charge in [-0.1, -0.05) is 67.8 Å². The van der Waals surface area contributed by atoms with Crippen LogP contribution in [-0.2, 0) is 40.0 Å². The van der Waals surface area contributed by atoms with E-state index in [0.717, 1.165) is 51.7 Å². The molecule has 1 saturated heterocycles. The van der Waals surface area contributed by atoms with E-state index in [-0.39, 0.29) is 66.4 Å².